The summed E-state index contributed by atoms with van der Waals surface area (Å²) in [4.78, 5) is 90.8. The van der Waals surface area contributed by atoms with E-state index in [1.807, 2.05) is 42.4 Å². The van der Waals surface area contributed by atoms with Crippen LogP contribution < -0.4 is 57.0 Å². The molecule has 2 bridgehead atoms. The van der Waals surface area contributed by atoms with Crippen LogP contribution in [0.3, 0.4) is 0 Å². The number of ether oxygens (including phenoxy) is 3. The maximum atomic E-state index is 14.7. The molecule has 8 N–H and O–H groups in total. The van der Waals surface area contributed by atoms with Crippen LogP contribution in [0.2, 0.25) is 0 Å². The van der Waals surface area contributed by atoms with Gasteiger partial charge in [0.1, 0.15) is 42.7 Å². The largest absolute Gasteiger partial charge is 0.488 e. The number of hydrogen-bond acceptors (Lipinski definition) is 23. The highest BCUT2D eigenvalue weighted by molar-refractivity contribution is 8.10. The quantitative estimate of drug-likeness (QED) is 0.0108. The first kappa shape index (κ1) is 89.7. The van der Waals surface area contributed by atoms with E-state index >= 15 is 0 Å². The number of benzene rings is 3. The molecule has 0 radical (unpaired) electrons. The smallest absolute Gasteiger partial charge is 0.254 e. The Hall–Kier alpha value is -10.1. The number of fused-ring (bicyclic) bond motifs is 2. The highest BCUT2D eigenvalue weighted by Crippen LogP contribution is 2.44. The highest BCUT2D eigenvalue weighted by atomic mass is 32.2. The first-order chi connectivity index (χ1) is 59.1. The fourth-order valence-corrected chi connectivity index (χ4v) is 18.9. The van der Waals surface area contributed by atoms with Gasteiger partial charge in [-0.15, -0.1) is 0 Å². The lowest BCUT2D eigenvalue weighted by Crippen LogP contribution is -2.58. The minimum Gasteiger partial charge on any atom is -0.488 e. The first-order valence-electron chi connectivity index (χ1n) is 44.6. The second-order valence-corrected chi connectivity index (χ2v) is 35.7. The fraction of sp³-hybridized carbons (Fsp3) is 0.526. The number of likely N-dealkylation sites (N-methyl/N-ethyl adjacent to an activating group) is 1. The second kappa shape index (κ2) is 42.8. The molecule has 13 rings (SSSR count). The summed E-state index contributed by atoms with van der Waals surface area (Å²) in [6.45, 7) is 26.0. The van der Waals surface area contributed by atoms with E-state index in [2.05, 4.69) is 220 Å². The van der Waals surface area contributed by atoms with Gasteiger partial charge in [0.15, 0.2) is 5.76 Å². The predicted octanol–water partition coefficient (Wildman–Crippen LogP) is 12.5. The number of carbonyl (C=O) groups excluding carboxylic acids is 5. The number of nitrogens with two attached hydrogens (primary N) is 1. The van der Waals surface area contributed by atoms with Crippen molar-refractivity contribution in [2.75, 3.05) is 130 Å². The van der Waals surface area contributed by atoms with Crippen LogP contribution in [0.15, 0.2) is 172 Å². The van der Waals surface area contributed by atoms with Gasteiger partial charge in [-0.3, -0.25) is 49.5 Å². The van der Waals surface area contributed by atoms with Crippen molar-refractivity contribution in [2.45, 2.75) is 194 Å². The zero-order valence-corrected chi connectivity index (χ0v) is 74.3. The number of amides is 5. The van der Waals surface area contributed by atoms with E-state index < -0.39 is 11.3 Å². The van der Waals surface area contributed by atoms with Crippen LogP contribution in [0.1, 0.15) is 179 Å². The Morgan fingerprint density at radius 2 is 1.52 bits per heavy atom. The molecule has 5 amide bonds. The maximum absolute atomic E-state index is 14.7. The average Bonchev–Trinajstić information content (AvgIpc) is 1.63. The summed E-state index contributed by atoms with van der Waals surface area (Å²) >= 11 is 1.78. The molecule has 6 aliphatic heterocycles. The Kier molecular flexibility index (Phi) is 31.5. The number of hydrogen-bond donors (Lipinski definition) is 7. The number of aromatic nitrogens is 2. The SMILES string of the molecule is CC/C=C\SC(=C(C)C)c1ccc(CN/C(=C/CC)C2CCCN2C(=O)C(c2cc(OCCN3CCN(CCOc4cc(N5C6CCC5CN(C5=C(N)NNC(c7ccccc7OCc7ccc(NC(=C8CCC8)C(CCCCN(C)C)NC(=O)C8(C(=O)NCCN(C)CCN9C(=O)C=CC9=O)CCC8)cc7)=C5)C6)ccn4)C(C)C3)no2)C(C)C)cc1. The third-order valence-electron chi connectivity index (χ3n) is 25.2. The van der Waals surface area contributed by atoms with E-state index in [0.29, 0.717) is 94.8 Å². The number of anilines is 2. The van der Waals surface area contributed by atoms with Crippen LogP contribution in [0.5, 0.6) is 17.5 Å². The normalized spacial score (nSPS) is 20.3. The molecule has 5 aromatic rings. The molecule has 6 atom stereocenters. The van der Waals surface area contributed by atoms with Gasteiger partial charge in [0.05, 0.1) is 23.5 Å². The number of likely N-dealkylation sites (tertiary alicyclic amines) is 2. The van der Waals surface area contributed by atoms with E-state index in [1.165, 1.54) is 44.2 Å². The first-order valence-corrected chi connectivity index (χ1v) is 45.5. The Morgan fingerprint density at radius 1 is 0.779 bits per heavy atom. The van der Waals surface area contributed by atoms with Crippen molar-refractivity contribution in [1.82, 2.24) is 71.2 Å². The number of nitrogens with one attached hydrogen (secondary N) is 6. The standard InChI is InChI=1S/C95H131N17O9S/c1-11-13-56-122-90(66(5)6)71-32-28-68(29-33-71)60-99-77(21-12-2)80-26-19-46-110(80)92(115)88(65(3)4)83-59-85(104-121-83)119-54-52-107-49-50-108(67(7)61-107)53-55-118-84-57-73(40-43-97-84)112-74-36-37-75(112)63-109(62-74)81-58-79(102-103-91(81)96)76-24-14-15-27-82(76)120-64-69-30-34-72(35-31-69)100-89(70-22-18-23-70)78(25-16-17-45-105(8)9)101-94(117)95(41-20-42-95)93(116)98-44-47-106(10)48-51-111-86(113)38-39-87(111)114/h13-15,21,24,27-35,38-40,43,56-59,65,67,74-75,78,80,88,99-100,102-103H,11-12,16-20,22-23,25-26,36-37,41-42,44-55,60-64,96H2,1-10H3,(H,98,116)(H,101,117)/b56-13-,77-21+. The van der Waals surface area contributed by atoms with Gasteiger partial charge in [-0.2, -0.15) is 0 Å². The molecule has 27 heteroatoms. The number of piperazine rings is 2. The Morgan fingerprint density at radius 3 is 2.22 bits per heavy atom. The zero-order valence-electron chi connectivity index (χ0n) is 73.5. The monoisotopic (exact) mass is 1690 g/mol. The van der Waals surface area contributed by atoms with Gasteiger partial charge in [0, 0.05) is 167 Å². The van der Waals surface area contributed by atoms with E-state index in [1.54, 1.807) is 11.8 Å². The lowest BCUT2D eigenvalue weighted by Gasteiger charge is -2.44. The number of allylic oxidation sites excluding steroid dienone is 5. The number of thioether (sulfide) groups is 1. The van der Waals surface area contributed by atoms with Crippen LogP contribution in [0.25, 0.3) is 10.6 Å². The second-order valence-electron chi connectivity index (χ2n) is 34.8. The third kappa shape index (κ3) is 22.7. The summed E-state index contributed by atoms with van der Waals surface area (Å²) in [7, 11) is 6.03. The molecule has 0 spiro atoms. The molecule has 2 aromatic heterocycles. The Bertz CT molecular complexity index is 4600. The summed E-state index contributed by atoms with van der Waals surface area (Å²) in [5, 5.41) is 20.5. The topological polar surface area (TPSA) is 276 Å². The minimum absolute atomic E-state index is 0.0142. The molecule has 6 fully saturated rings. The van der Waals surface area contributed by atoms with Gasteiger partial charge in [-0.1, -0.05) is 112 Å². The third-order valence-corrected chi connectivity index (χ3v) is 26.4. The molecule has 6 unspecified atom stereocenters. The van der Waals surface area contributed by atoms with Crippen LogP contribution in [-0.4, -0.2) is 224 Å². The van der Waals surface area contributed by atoms with Crippen LogP contribution >= 0.6 is 11.8 Å². The van der Waals surface area contributed by atoms with Crippen molar-refractivity contribution < 1.29 is 42.7 Å². The summed E-state index contributed by atoms with van der Waals surface area (Å²) in [5.74, 6) is 1.29. The number of nitrogens with zero attached hydrogens (tertiary/aromatic N) is 10. The number of imide groups is 1. The van der Waals surface area contributed by atoms with Crippen LogP contribution in [0, 0.1) is 11.3 Å². The van der Waals surface area contributed by atoms with Crippen molar-refractivity contribution in [3.05, 3.63) is 195 Å². The average molecular weight is 1690 g/mol. The number of carbonyl (C=O) groups is 5. The van der Waals surface area contributed by atoms with E-state index in [-0.39, 0.29) is 66.2 Å². The summed E-state index contributed by atoms with van der Waals surface area (Å²) < 4.78 is 25.3. The molecule has 2 aliphatic carbocycles. The molecular formula is C95H131N17O9S. The van der Waals surface area contributed by atoms with Crippen LogP contribution in [0.4, 0.5) is 11.4 Å². The molecule has 122 heavy (non-hydrogen) atoms. The molecule has 4 saturated heterocycles. The van der Waals surface area contributed by atoms with Crippen molar-refractivity contribution in [3.8, 4) is 17.5 Å². The summed E-state index contributed by atoms with van der Waals surface area (Å²) in [5.41, 5.74) is 25.2. The van der Waals surface area contributed by atoms with Gasteiger partial charge in [0.25, 0.3) is 17.7 Å². The van der Waals surface area contributed by atoms with E-state index in [0.717, 1.165) is 187 Å². The number of pyridine rings is 1. The van der Waals surface area contributed by atoms with Gasteiger partial charge >= 0.3 is 0 Å². The number of unbranched alkanes of at least 4 members (excludes halogenated alkanes) is 1. The number of rotatable bonds is 43. The Balaban J connectivity index is 0.550. The van der Waals surface area contributed by atoms with Crippen molar-refractivity contribution in [3.63, 3.8) is 0 Å². The molecule has 26 nitrogen and oxygen atoms in total. The minimum atomic E-state index is -1.15. The molecule has 2 saturated carbocycles. The van der Waals surface area contributed by atoms with Gasteiger partial charge in [0.2, 0.25) is 23.6 Å². The van der Waals surface area contributed by atoms with Crippen LogP contribution in [-0.2, 0) is 37.1 Å². The predicted molar refractivity (Wildman–Crippen MR) is 483 cm³/mol. The maximum Gasteiger partial charge on any atom is 0.254 e. The number of hydrazine groups is 1. The van der Waals surface area contributed by atoms with Gasteiger partial charge in [-0.25, -0.2) is 4.98 Å². The molecule has 8 heterocycles. The van der Waals surface area contributed by atoms with Crippen molar-refractivity contribution in [2.24, 2.45) is 17.1 Å². The molecule has 656 valence electrons. The molecule has 8 aliphatic rings. The van der Waals surface area contributed by atoms with Gasteiger partial charge in [-0.05, 0) is 214 Å². The zero-order chi connectivity index (χ0) is 85.8. The van der Waals surface area contributed by atoms with E-state index in [4.69, 9.17) is 29.5 Å². The lowest BCUT2D eigenvalue weighted by molar-refractivity contribution is -0.150. The highest BCUT2D eigenvalue weighted by Gasteiger charge is 2.52. The van der Waals surface area contributed by atoms with Crippen molar-refractivity contribution in [1.29, 1.82) is 0 Å². The summed E-state index contributed by atoms with van der Waals surface area (Å²) in [6.07, 6.45) is 24.1. The van der Waals surface area contributed by atoms with Crippen molar-refractivity contribution >= 4 is 63.3 Å². The van der Waals surface area contributed by atoms with Gasteiger partial charge < -0.3 is 70.2 Å². The number of para-hydroxylation sites is 1. The molecule has 3 aromatic carbocycles. The Labute approximate surface area is 726 Å². The lowest BCUT2D eigenvalue weighted by atomic mass is 9.67. The summed E-state index contributed by atoms with van der Waals surface area (Å²) in [6, 6.07) is 31.7. The molecular weight excluding hydrogens is 1560 g/mol. The van der Waals surface area contributed by atoms with E-state index in [9.17, 15) is 24.0 Å². The fourth-order valence-electron chi connectivity index (χ4n) is 18.0.